The first-order valence-corrected chi connectivity index (χ1v) is 13.3. The van der Waals surface area contributed by atoms with Gasteiger partial charge in [0.2, 0.25) is 0 Å². The predicted octanol–water partition coefficient (Wildman–Crippen LogP) is 3.22. The Bertz CT molecular complexity index is 1030. The monoisotopic (exact) mass is 519 g/mol. The number of aromatic nitrogens is 4. The number of hydrogen-bond acceptors (Lipinski definition) is 10. The minimum Gasteiger partial charge on any atom is -0.369 e. The van der Waals surface area contributed by atoms with Gasteiger partial charge in [-0.15, -0.1) is 0 Å². The van der Waals surface area contributed by atoms with Crippen LogP contribution in [0.2, 0.25) is 0 Å². The molecular weight excluding hydrogens is 481 g/mol. The molecule has 0 radical (unpaired) electrons. The molecule has 1 aliphatic heterocycles. The second kappa shape index (κ2) is 13.3. The van der Waals surface area contributed by atoms with Gasteiger partial charge < -0.3 is 24.0 Å². The lowest BCUT2D eigenvalue weighted by molar-refractivity contribution is -0.0228. The zero-order chi connectivity index (χ0) is 26.2. The van der Waals surface area contributed by atoms with Gasteiger partial charge in [-0.25, -0.2) is 24.6 Å². The molecule has 1 N–H and O–H groups in total. The van der Waals surface area contributed by atoms with Crippen molar-refractivity contribution in [3.8, 4) is 6.07 Å². The van der Waals surface area contributed by atoms with Crippen LogP contribution in [-0.2, 0) is 13.8 Å². The van der Waals surface area contributed by atoms with Crippen molar-refractivity contribution < 1.29 is 13.8 Å². The fourth-order valence-corrected chi connectivity index (χ4v) is 5.74. The second-order valence-corrected chi connectivity index (χ2v) is 10.8. The van der Waals surface area contributed by atoms with Crippen molar-refractivity contribution in [2.75, 3.05) is 34.4 Å². The number of ether oxygens (including phenoxy) is 1. The molecule has 0 bridgehead atoms. The third-order valence-corrected chi connectivity index (χ3v) is 7.75. The highest BCUT2D eigenvalue weighted by molar-refractivity contribution is 7.44. The van der Waals surface area contributed by atoms with Crippen molar-refractivity contribution in [1.29, 1.82) is 5.26 Å². The summed E-state index contributed by atoms with van der Waals surface area (Å²) in [5.74, 6) is 0.512. The van der Waals surface area contributed by atoms with Crippen LogP contribution in [0.15, 0.2) is 17.6 Å². The van der Waals surface area contributed by atoms with Crippen LogP contribution >= 0.6 is 8.53 Å². The van der Waals surface area contributed by atoms with E-state index >= 15 is 0 Å². The van der Waals surface area contributed by atoms with Gasteiger partial charge in [0.05, 0.1) is 44.5 Å². The SMILES string of the molecule is CN[C@H]1C[C@H](n2cnc3c(N=CN(C)C)ncnc32)O[C@@H]1COP(OCCC#N)N(C(C)C)C(C)C. The summed E-state index contributed by atoms with van der Waals surface area (Å²) >= 11 is 0. The molecule has 1 fully saturated rings. The lowest BCUT2D eigenvalue weighted by Gasteiger charge is -2.36. The Balaban J connectivity index is 1.75. The van der Waals surface area contributed by atoms with E-state index in [9.17, 15) is 0 Å². The quantitative estimate of drug-likeness (QED) is 0.182. The van der Waals surface area contributed by atoms with Gasteiger partial charge in [0, 0.05) is 38.6 Å². The maximum Gasteiger partial charge on any atom is 0.259 e. The first kappa shape index (κ1) is 28.3. The first-order valence-electron chi connectivity index (χ1n) is 12.2. The molecule has 3 heterocycles. The van der Waals surface area contributed by atoms with Crippen molar-refractivity contribution in [1.82, 2.24) is 34.4 Å². The summed E-state index contributed by atoms with van der Waals surface area (Å²) in [5.41, 5.74) is 1.30. The molecule has 3 rings (SSSR count). The van der Waals surface area contributed by atoms with E-state index in [0.29, 0.717) is 36.6 Å². The number of likely N-dealkylation sites (N-methyl/N-ethyl adjacent to an activating group) is 1. The van der Waals surface area contributed by atoms with Crippen LogP contribution in [0.4, 0.5) is 5.82 Å². The smallest absolute Gasteiger partial charge is 0.259 e. The highest BCUT2D eigenvalue weighted by atomic mass is 31.2. The first-order chi connectivity index (χ1) is 17.3. The van der Waals surface area contributed by atoms with Crippen molar-refractivity contribution in [3.05, 3.63) is 12.7 Å². The molecule has 12 nitrogen and oxygen atoms in total. The maximum atomic E-state index is 8.94. The molecule has 36 heavy (non-hydrogen) atoms. The van der Waals surface area contributed by atoms with Crippen molar-refractivity contribution in [2.45, 2.75) is 71.0 Å². The van der Waals surface area contributed by atoms with Gasteiger partial charge in [-0.2, -0.15) is 5.26 Å². The summed E-state index contributed by atoms with van der Waals surface area (Å²) in [6, 6.07) is 2.67. The number of aliphatic imine (C=N–C) groups is 1. The standard InChI is InChI=1S/C23H38N9O3P/c1-16(2)32(17(3)4)36(33-10-8-9-24)34-12-19-18(25-5)11-20(35-19)31-15-28-21-22(29-14-30(6)7)26-13-27-23(21)31/h13-20,25H,8,10-12H2,1-7H3/t18-,19+,20+,36?/m0/s1. The number of nitrogens with zero attached hydrogens (tertiary/aromatic N) is 8. The second-order valence-electron chi connectivity index (χ2n) is 9.33. The van der Waals surface area contributed by atoms with Crippen LogP contribution in [0.3, 0.4) is 0 Å². The number of nitrogens with one attached hydrogen (secondary N) is 1. The van der Waals surface area contributed by atoms with Crippen molar-refractivity contribution >= 4 is 31.8 Å². The van der Waals surface area contributed by atoms with Gasteiger partial charge >= 0.3 is 0 Å². The van der Waals surface area contributed by atoms with Crippen LogP contribution in [0, 0.1) is 11.3 Å². The van der Waals surface area contributed by atoms with E-state index in [0.717, 1.165) is 6.42 Å². The lowest BCUT2D eigenvalue weighted by Crippen LogP contribution is -2.38. The number of hydrogen-bond donors (Lipinski definition) is 1. The van der Waals surface area contributed by atoms with Crippen LogP contribution in [0.1, 0.15) is 46.8 Å². The molecule has 13 heteroatoms. The molecular formula is C23H38N9O3P. The highest BCUT2D eigenvalue weighted by Crippen LogP contribution is 2.47. The van der Waals surface area contributed by atoms with Gasteiger partial charge in [0.25, 0.3) is 8.53 Å². The Kier molecular flexibility index (Phi) is 10.5. The van der Waals surface area contributed by atoms with Crippen LogP contribution in [0.25, 0.3) is 11.2 Å². The molecule has 0 amide bonds. The molecule has 0 saturated carbocycles. The normalized spacial score (nSPS) is 21.3. The van der Waals surface area contributed by atoms with Gasteiger partial charge in [-0.1, -0.05) is 0 Å². The molecule has 0 aromatic carbocycles. The Morgan fingerprint density at radius 2 is 2.03 bits per heavy atom. The minimum absolute atomic E-state index is 0.0722. The molecule has 2 aromatic heterocycles. The zero-order valence-electron chi connectivity index (χ0n) is 22.2. The number of nitriles is 1. The summed E-state index contributed by atoms with van der Waals surface area (Å²) < 4.78 is 22.9. The average Bonchev–Trinajstić information content (AvgIpc) is 3.44. The predicted molar refractivity (Wildman–Crippen MR) is 140 cm³/mol. The van der Waals surface area contributed by atoms with Gasteiger partial charge in [-0.3, -0.25) is 4.57 Å². The van der Waals surface area contributed by atoms with E-state index in [1.54, 1.807) is 12.7 Å². The molecule has 1 unspecified atom stereocenters. The summed E-state index contributed by atoms with van der Waals surface area (Å²) in [4.78, 5) is 19.5. The molecule has 4 atom stereocenters. The van der Waals surface area contributed by atoms with Crippen LogP contribution in [-0.4, -0.2) is 94.0 Å². The van der Waals surface area contributed by atoms with Crippen LogP contribution in [0.5, 0.6) is 0 Å². The topological polar surface area (TPSA) is 126 Å². The van der Waals surface area contributed by atoms with E-state index in [4.69, 9.17) is 19.0 Å². The Labute approximate surface area is 214 Å². The molecule has 1 saturated heterocycles. The van der Waals surface area contributed by atoms with Gasteiger partial charge in [-0.05, 0) is 34.7 Å². The molecule has 1 aliphatic rings. The van der Waals surface area contributed by atoms with Gasteiger partial charge in [0.15, 0.2) is 17.0 Å². The van der Waals surface area contributed by atoms with Crippen LogP contribution < -0.4 is 5.32 Å². The third kappa shape index (κ3) is 6.94. The zero-order valence-corrected chi connectivity index (χ0v) is 23.1. The molecule has 2 aromatic rings. The number of rotatable bonds is 13. The van der Waals surface area contributed by atoms with E-state index in [2.05, 4.69) is 63.7 Å². The van der Waals surface area contributed by atoms with E-state index in [1.807, 2.05) is 30.6 Å². The Hall–Kier alpha value is -2.26. The summed E-state index contributed by atoms with van der Waals surface area (Å²) in [5, 5.41) is 12.3. The largest absolute Gasteiger partial charge is 0.369 e. The third-order valence-electron chi connectivity index (χ3n) is 5.68. The fourth-order valence-electron chi connectivity index (χ4n) is 4.13. The Morgan fingerprint density at radius 1 is 1.28 bits per heavy atom. The highest BCUT2D eigenvalue weighted by Gasteiger charge is 2.38. The van der Waals surface area contributed by atoms with E-state index in [-0.39, 0.29) is 30.5 Å². The van der Waals surface area contributed by atoms with Crippen molar-refractivity contribution in [2.24, 2.45) is 4.99 Å². The van der Waals surface area contributed by atoms with Crippen molar-refractivity contribution in [3.63, 3.8) is 0 Å². The molecule has 0 aliphatic carbocycles. The van der Waals surface area contributed by atoms with E-state index in [1.165, 1.54) is 6.33 Å². The lowest BCUT2D eigenvalue weighted by atomic mass is 10.1. The minimum atomic E-state index is -1.34. The molecule has 198 valence electrons. The molecule has 0 spiro atoms. The van der Waals surface area contributed by atoms with E-state index < -0.39 is 8.53 Å². The van der Waals surface area contributed by atoms with Gasteiger partial charge in [0.1, 0.15) is 12.6 Å². The maximum absolute atomic E-state index is 8.94. The number of imidazole rings is 1. The number of fused-ring (bicyclic) bond motifs is 1. The fraction of sp³-hybridized carbons (Fsp3) is 0.696. The summed E-state index contributed by atoms with van der Waals surface area (Å²) in [7, 11) is 4.38. The average molecular weight is 520 g/mol. The summed E-state index contributed by atoms with van der Waals surface area (Å²) in [6.07, 6.45) is 5.49. The summed E-state index contributed by atoms with van der Waals surface area (Å²) in [6.45, 7) is 9.17. The Morgan fingerprint density at radius 3 is 2.67 bits per heavy atom.